The molecule has 0 radical (unpaired) electrons. The van der Waals surface area contributed by atoms with Gasteiger partial charge in [-0.15, -0.1) is 0 Å². The van der Waals surface area contributed by atoms with Crippen molar-refractivity contribution in [3.8, 4) is 0 Å². The van der Waals surface area contributed by atoms with Crippen LogP contribution in [0.1, 0.15) is 18.1 Å². The molecule has 18 heavy (non-hydrogen) atoms. The molecule has 3 nitrogen and oxygen atoms in total. The SMILES string of the molecule is CC1OC(N)=C(c2cccc(C(F)(F)F)c2)C1=O. The first-order chi connectivity index (χ1) is 8.30. The molecule has 96 valence electrons. The Morgan fingerprint density at radius 3 is 2.50 bits per heavy atom. The summed E-state index contributed by atoms with van der Waals surface area (Å²) in [6.07, 6.45) is -5.21. The van der Waals surface area contributed by atoms with Crippen LogP contribution in [0.5, 0.6) is 0 Å². The molecule has 0 amide bonds. The van der Waals surface area contributed by atoms with Gasteiger partial charge in [0.2, 0.25) is 5.78 Å². The van der Waals surface area contributed by atoms with Gasteiger partial charge in [0.1, 0.15) is 0 Å². The van der Waals surface area contributed by atoms with E-state index in [2.05, 4.69) is 0 Å². The highest BCUT2D eigenvalue weighted by molar-refractivity contribution is 6.24. The van der Waals surface area contributed by atoms with Crippen LogP contribution in [0.3, 0.4) is 0 Å². The van der Waals surface area contributed by atoms with Gasteiger partial charge in [0, 0.05) is 0 Å². The van der Waals surface area contributed by atoms with E-state index < -0.39 is 23.6 Å². The lowest BCUT2D eigenvalue weighted by Gasteiger charge is -2.08. The van der Waals surface area contributed by atoms with E-state index in [0.717, 1.165) is 12.1 Å². The van der Waals surface area contributed by atoms with Gasteiger partial charge in [0.25, 0.3) is 0 Å². The second kappa shape index (κ2) is 4.04. The fourth-order valence-electron chi connectivity index (χ4n) is 1.76. The van der Waals surface area contributed by atoms with Gasteiger partial charge in [-0.2, -0.15) is 13.2 Å². The number of carbonyl (C=O) groups is 1. The lowest BCUT2D eigenvalue weighted by molar-refractivity contribution is -0.137. The Hall–Kier alpha value is -1.98. The largest absolute Gasteiger partial charge is 0.467 e. The number of ether oxygens (including phenoxy) is 1. The Morgan fingerprint density at radius 2 is 2.00 bits per heavy atom. The molecule has 1 atom stereocenters. The first-order valence-electron chi connectivity index (χ1n) is 5.19. The van der Waals surface area contributed by atoms with Crippen LogP contribution in [0.4, 0.5) is 13.2 Å². The third kappa shape index (κ3) is 2.05. The van der Waals surface area contributed by atoms with Gasteiger partial charge in [-0.1, -0.05) is 12.1 Å². The molecule has 0 aromatic heterocycles. The van der Waals surface area contributed by atoms with Crippen LogP contribution >= 0.6 is 0 Å². The van der Waals surface area contributed by atoms with Gasteiger partial charge in [-0.25, -0.2) is 0 Å². The Labute approximate surface area is 101 Å². The molecule has 0 bridgehead atoms. The maximum atomic E-state index is 12.6. The molecular formula is C12H10F3NO2. The van der Waals surface area contributed by atoms with Gasteiger partial charge >= 0.3 is 6.18 Å². The number of rotatable bonds is 1. The first kappa shape index (κ1) is 12.5. The maximum absolute atomic E-state index is 12.6. The van der Waals surface area contributed by atoms with E-state index in [4.69, 9.17) is 10.5 Å². The zero-order valence-corrected chi connectivity index (χ0v) is 9.41. The number of hydrogen-bond acceptors (Lipinski definition) is 3. The molecule has 1 unspecified atom stereocenters. The second-order valence-corrected chi connectivity index (χ2v) is 3.94. The number of ketones is 1. The average Bonchev–Trinajstić information content (AvgIpc) is 2.52. The number of hydrogen-bond donors (Lipinski definition) is 1. The molecule has 1 aliphatic rings. The molecule has 2 N–H and O–H groups in total. The highest BCUT2D eigenvalue weighted by Gasteiger charge is 2.34. The Bertz CT molecular complexity index is 534. The number of alkyl halides is 3. The average molecular weight is 257 g/mol. The lowest BCUT2D eigenvalue weighted by atomic mass is 9.99. The van der Waals surface area contributed by atoms with E-state index in [1.807, 2.05) is 0 Å². The van der Waals surface area contributed by atoms with Crippen molar-refractivity contribution in [3.05, 3.63) is 41.3 Å². The smallest absolute Gasteiger partial charge is 0.416 e. The third-order valence-corrected chi connectivity index (χ3v) is 2.64. The van der Waals surface area contributed by atoms with Gasteiger partial charge < -0.3 is 10.5 Å². The number of benzene rings is 1. The van der Waals surface area contributed by atoms with Crippen molar-refractivity contribution < 1.29 is 22.7 Å². The summed E-state index contributed by atoms with van der Waals surface area (Å²) in [6, 6.07) is 4.46. The monoisotopic (exact) mass is 257 g/mol. The van der Waals surface area contributed by atoms with Crippen molar-refractivity contribution in [2.24, 2.45) is 5.73 Å². The molecule has 0 aliphatic carbocycles. The number of carbonyl (C=O) groups excluding carboxylic acids is 1. The quantitative estimate of drug-likeness (QED) is 0.840. The van der Waals surface area contributed by atoms with Crippen LogP contribution in [-0.4, -0.2) is 11.9 Å². The fourth-order valence-corrected chi connectivity index (χ4v) is 1.76. The van der Waals surface area contributed by atoms with E-state index >= 15 is 0 Å². The molecule has 1 aliphatic heterocycles. The standard InChI is InChI=1S/C12H10F3NO2/c1-6-10(17)9(11(16)18-6)7-3-2-4-8(5-7)12(13,14)15/h2-6H,16H2,1H3. The van der Waals surface area contributed by atoms with E-state index in [0.29, 0.717) is 0 Å². The van der Waals surface area contributed by atoms with Crippen molar-refractivity contribution in [1.82, 2.24) is 0 Å². The number of nitrogens with two attached hydrogens (primary N) is 1. The number of Topliss-reactive ketones (excluding diaryl/α,β-unsaturated/α-hetero) is 1. The molecular weight excluding hydrogens is 247 g/mol. The van der Waals surface area contributed by atoms with Crippen molar-refractivity contribution in [2.45, 2.75) is 19.2 Å². The molecule has 2 rings (SSSR count). The Kier molecular flexibility index (Phi) is 2.80. The molecule has 0 saturated heterocycles. The zero-order valence-electron chi connectivity index (χ0n) is 9.41. The summed E-state index contributed by atoms with van der Waals surface area (Å²) in [6.45, 7) is 1.50. The molecule has 1 aromatic rings. The summed E-state index contributed by atoms with van der Waals surface area (Å²) >= 11 is 0. The normalized spacial score (nSPS) is 20.2. The van der Waals surface area contributed by atoms with Crippen LogP contribution in [0, 0.1) is 0 Å². The van der Waals surface area contributed by atoms with Crippen molar-refractivity contribution in [3.63, 3.8) is 0 Å². The van der Waals surface area contributed by atoms with E-state index in [-0.39, 0.29) is 17.0 Å². The summed E-state index contributed by atoms with van der Waals surface area (Å²) < 4.78 is 42.7. The van der Waals surface area contributed by atoms with Crippen LogP contribution in [0.15, 0.2) is 30.1 Å². The predicted molar refractivity (Wildman–Crippen MR) is 58.1 cm³/mol. The van der Waals surface area contributed by atoms with Crippen LogP contribution in [0.25, 0.3) is 5.57 Å². The van der Waals surface area contributed by atoms with Crippen molar-refractivity contribution in [2.75, 3.05) is 0 Å². The minimum absolute atomic E-state index is 0.00796. The van der Waals surface area contributed by atoms with Gasteiger partial charge in [0.05, 0.1) is 11.1 Å². The Morgan fingerprint density at radius 1 is 1.33 bits per heavy atom. The summed E-state index contributed by atoms with van der Waals surface area (Å²) in [4.78, 5) is 11.7. The van der Waals surface area contributed by atoms with E-state index in [1.54, 1.807) is 0 Å². The highest BCUT2D eigenvalue weighted by Crippen LogP contribution is 2.33. The minimum atomic E-state index is -4.46. The van der Waals surface area contributed by atoms with E-state index in [9.17, 15) is 18.0 Å². The minimum Gasteiger partial charge on any atom is -0.467 e. The summed E-state index contributed by atoms with van der Waals surface area (Å²) in [7, 11) is 0. The molecule has 0 saturated carbocycles. The predicted octanol–water partition coefficient (Wildman–Crippen LogP) is 2.32. The van der Waals surface area contributed by atoms with Crippen LogP contribution < -0.4 is 5.73 Å². The summed E-state index contributed by atoms with van der Waals surface area (Å²) in [5, 5.41) is 0. The topological polar surface area (TPSA) is 52.3 Å². The van der Waals surface area contributed by atoms with Crippen LogP contribution in [0.2, 0.25) is 0 Å². The molecule has 1 heterocycles. The molecule has 0 spiro atoms. The molecule has 6 heteroatoms. The third-order valence-electron chi connectivity index (χ3n) is 2.64. The zero-order chi connectivity index (χ0) is 13.5. The molecule has 1 aromatic carbocycles. The van der Waals surface area contributed by atoms with E-state index in [1.165, 1.54) is 19.1 Å². The van der Waals surface area contributed by atoms with Crippen molar-refractivity contribution >= 4 is 11.4 Å². The summed E-state index contributed by atoms with van der Waals surface area (Å²) in [5.74, 6) is -0.543. The fraction of sp³-hybridized carbons (Fsp3) is 0.250. The number of halogens is 3. The van der Waals surface area contributed by atoms with Gasteiger partial charge in [-0.3, -0.25) is 4.79 Å². The van der Waals surface area contributed by atoms with Gasteiger partial charge in [-0.05, 0) is 24.6 Å². The second-order valence-electron chi connectivity index (χ2n) is 3.94. The highest BCUT2D eigenvalue weighted by atomic mass is 19.4. The summed E-state index contributed by atoms with van der Waals surface area (Å²) in [5.41, 5.74) is 4.81. The Balaban J connectivity index is 2.47. The molecule has 0 fully saturated rings. The first-order valence-corrected chi connectivity index (χ1v) is 5.19. The van der Waals surface area contributed by atoms with Crippen molar-refractivity contribution in [1.29, 1.82) is 0 Å². The van der Waals surface area contributed by atoms with Gasteiger partial charge in [0.15, 0.2) is 12.0 Å². The van der Waals surface area contributed by atoms with Crippen LogP contribution in [-0.2, 0) is 15.7 Å². The maximum Gasteiger partial charge on any atom is 0.416 e. The lowest BCUT2D eigenvalue weighted by Crippen LogP contribution is -2.13.